The number of halogens is 2. The number of hydrogen-bond acceptors (Lipinski definition) is 2. The fourth-order valence-electron chi connectivity index (χ4n) is 2.10. The molecule has 0 saturated heterocycles. The van der Waals surface area contributed by atoms with E-state index in [2.05, 4.69) is 5.32 Å². The monoisotopic (exact) mass is 301 g/mol. The lowest BCUT2D eigenvalue weighted by Gasteiger charge is -2.20. The number of amides is 1. The average Bonchev–Trinajstić information content (AvgIpc) is 2.89. The molecule has 1 aromatic rings. The number of carbonyl (C=O) groups excluding carboxylic acids is 1. The van der Waals surface area contributed by atoms with E-state index < -0.39 is 9.75 Å². The van der Waals surface area contributed by atoms with Crippen molar-refractivity contribution < 1.29 is 9.53 Å². The van der Waals surface area contributed by atoms with Crippen LogP contribution >= 0.6 is 23.2 Å². The van der Waals surface area contributed by atoms with Crippen molar-refractivity contribution in [2.75, 3.05) is 7.11 Å². The molecule has 19 heavy (non-hydrogen) atoms. The zero-order valence-corrected chi connectivity index (χ0v) is 12.7. The van der Waals surface area contributed by atoms with Gasteiger partial charge < -0.3 is 10.1 Å². The summed E-state index contributed by atoms with van der Waals surface area (Å²) in [5.74, 6) is 0.621. The van der Waals surface area contributed by atoms with Crippen LogP contribution in [0.2, 0.25) is 0 Å². The molecule has 0 spiro atoms. The summed E-state index contributed by atoms with van der Waals surface area (Å²) >= 11 is 12.0. The largest absolute Gasteiger partial charge is 0.496 e. The molecule has 2 atom stereocenters. The van der Waals surface area contributed by atoms with Gasteiger partial charge in [-0.25, -0.2) is 0 Å². The van der Waals surface area contributed by atoms with Crippen LogP contribution < -0.4 is 10.1 Å². The number of para-hydroxylation sites is 1. The summed E-state index contributed by atoms with van der Waals surface area (Å²) < 4.78 is 4.34. The molecule has 1 aromatic carbocycles. The topological polar surface area (TPSA) is 38.3 Å². The van der Waals surface area contributed by atoms with Gasteiger partial charge in [0.1, 0.15) is 10.1 Å². The highest BCUT2D eigenvalue weighted by Gasteiger charge is 2.67. The van der Waals surface area contributed by atoms with E-state index in [9.17, 15) is 4.79 Å². The van der Waals surface area contributed by atoms with Crippen molar-refractivity contribution in [2.24, 2.45) is 5.41 Å². The first-order chi connectivity index (χ1) is 8.82. The maximum absolute atomic E-state index is 12.2. The van der Waals surface area contributed by atoms with Crippen molar-refractivity contribution in [3.05, 3.63) is 29.8 Å². The fraction of sp³-hybridized carbons (Fsp3) is 0.500. The third kappa shape index (κ3) is 2.54. The van der Waals surface area contributed by atoms with Crippen LogP contribution in [0.3, 0.4) is 0 Å². The van der Waals surface area contributed by atoms with E-state index in [4.69, 9.17) is 27.9 Å². The first kappa shape index (κ1) is 14.5. The van der Waals surface area contributed by atoms with Gasteiger partial charge in [0.25, 0.3) is 0 Å². The van der Waals surface area contributed by atoms with Gasteiger partial charge in [-0.05, 0) is 26.3 Å². The summed E-state index contributed by atoms with van der Waals surface area (Å²) in [5.41, 5.74) is 0.226. The smallest absolute Gasteiger partial charge is 0.229 e. The number of rotatable bonds is 4. The van der Waals surface area contributed by atoms with Gasteiger partial charge in [-0.15, -0.1) is 23.2 Å². The molecular weight excluding hydrogens is 285 g/mol. The van der Waals surface area contributed by atoms with Gasteiger partial charge in [-0.3, -0.25) is 4.79 Å². The molecule has 0 aromatic heterocycles. The summed E-state index contributed by atoms with van der Waals surface area (Å²) in [5, 5.41) is 2.94. The first-order valence-electron chi connectivity index (χ1n) is 6.13. The van der Waals surface area contributed by atoms with Gasteiger partial charge in [0.2, 0.25) is 5.91 Å². The number of carbonyl (C=O) groups is 1. The van der Waals surface area contributed by atoms with Crippen molar-refractivity contribution in [1.82, 2.24) is 5.32 Å². The van der Waals surface area contributed by atoms with Gasteiger partial charge in [0.05, 0.1) is 18.6 Å². The van der Waals surface area contributed by atoms with Crippen LogP contribution in [0.5, 0.6) is 5.75 Å². The lowest BCUT2D eigenvalue weighted by molar-refractivity contribution is -0.126. The predicted octanol–water partition coefficient (Wildman–Crippen LogP) is 3.46. The lowest BCUT2D eigenvalue weighted by atomic mass is 10.0. The van der Waals surface area contributed by atoms with E-state index >= 15 is 0 Å². The van der Waals surface area contributed by atoms with Crippen LogP contribution in [0.1, 0.15) is 31.9 Å². The van der Waals surface area contributed by atoms with Gasteiger partial charge in [0, 0.05) is 5.56 Å². The Morgan fingerprint density at radius 1 is 1.42 bits per heavy atom. The van der Waals surface area contributed by atoms with E-state index in [1.165, 1.54) is 0 Å². The third-order valence-corrected chi connectivity index (χ3v) is 4.81. The molecule has 0 heterocycles. The number of ether oxygens (including phenoxy) is 1. The summed E-state index contributed by atoms with van der Waals surface area (Å²) in [7, 11) is 1.61. The number of benzene rings is 1. The first-order valence-corrected chi connectivity index (χ1v) is 6.89. The highest BCUT2D eigenvalue weighted by Crippen LogP contribution is 2.63. The lowest BCUT2D eigenvalue weighted by Crippen LogP contribution is -2.35. The predicted molar refractivity (Wildman–Crippen MR) is 76.7 cm³/mol. The van der Waals surface area contributed by atoms with Gasteiger partial charge in [-0.1, -0.05) is 18.2 Å². The van der Waals surface area contributed by atoms with Crippen molar-refractivity contribution in [2.45, 2.75) is 30.6 Å². The second-order valence-corrected chi connectivity index (χ2v) is 6.63. The second kappa shape index (κ2) is 4.88. The highest BCUT2D eigenvalue weighted by molar-refractivity contribution is 6.53. The third-order valence-electron chi connectivity index (χ3n) is 3.71. The number of hydrogen-bond donors (Lipinski definition) is 1. The van der Waals surface area contributed by atoms with Crippen LogP contribution in [-0.4, -0.2) is 17.4 Å². The number of methoxy groups -OCH3 is 1. The van der Waals surface area contributed by atoms with Crippen molar-refractivity contribution >= 4 is 29.1 Å². The normalized spacial score (nSPS) is 25.5. The molecular formula is C14H17Cl2NO2. The van der Waals surface area contributed by atoms with Crippen LogP contribution in [0, 0.1) is 5.41 Å². The van der Waals surface area contributed by atoms with E-state index in [0.29, 0.717) is 6.42 Å². The summed E-state index contributed by atoms with van der Waals surface area (Å²) in [4.78, 5) is 12.2. The summed E-state index contributed by atoms with van der Waals surface area (Å²) in [6.45, 7) is 3.68. The molecule has 3 nitrogen and oxygen atoms in total. The van der Waals surface area contributed by atoms with E-state index in [1.807, 2.05) is 31.2 Å². The fourth-order valence-corrected chi connectivity index (χ4v) is 2.81. The second-order valence-electron chi connectivity index (χ2n) is 5.15. The van der Waals surface area contributed by atoms with Crippen LogP contribution in [0.4, 0.5) is 0 Å². The van der Waals surface area contributed by atoms with Crippen molar-refractivity contribution in [1.29, 1.82) is 0 Å². The molecule has 1 aliphatic rings. The maximum Gasteiger partial charge on any atom is 0.229 e. The summed E-state index contributed by atoms with van der Waals surface area (Å²) in [6, 6.07) is 7.43. The Balaban J connectivity index is 2.10. The highest BCUT2D eigenvalue weighted by atomic mass is 35.5. The zero-order valence-electron chi connectivity index (χ0n) is 11.2. The Morgan fingerprint density at radius 2 is 2.00 bits per heavy atom. The molecule has 1 aliphatic carbocycles. The molecule has 1 saturated carbocycles. The minimum absolute atomic E-state index is 0.129. The molecule has 104 valence electrons. The van der Waals surface area contributed by atoms with E-state index in [-0.39, 0.29) is 11.9 Å². The van der Waals surface area contributed by atoms with Crippen LogP contribution in [0.15, 0.2) is 24.3 Å². The molecule has 1 amide bonds. The molecule has 0 aliphatic heterocycles. The van der Waals surface area contributed by atoms with Crippen molar-refractivity contribution in [3.8, 4) is 5.75 Å². The molecule has 1 fully saturated rings. The van der Waals surface area contributed by atoms with Gasteiger partial charge >= 0.3 is 0 Å². The Morgan fingerprint density at radius 3 is 2.53 bits per heavy atom. The standard InChI is InChI=1S/C14H17Cl2NO2/c1-9(10-6-4-5-7-11(10)19-3)17-12(18)13(2)8-14(13,15)16/h4-7,9H,8H2,1-3H3,(H,17,18). The number of alkyl halides is 2. The van der Waals surface area contributed by atoms with E-state index in [1.54, 1.807) is 14.0 Å². The molecule has 5 heteroatoms. The number of nitrogens with one attached hydrogen (secondary N) is 1. The Bertz CT molecular complexity index is 504. The van der Waals surface area contributed by atoms with E-state index in [0.717, 1.165) is 11.3 Å². The minimum Gasteiger partial charge on any atom is -0.496 e. The minimum atomic E-state index is -0.947. The molecule has 1 N–H and O–H groups in total. The average molecular weight is 302 g/mol. The maximum atomic E-state index is 12.2. The molecule has 2 rings (SSSR count). The molecule has 0 radical (unpaired) electrons. The Kier molecular flexibility index (Phi) is 3.72. The molecule has 0 bridgehead atoms. The van der Waals surface area contributed by atoms with Gasteiger partial charge in [-0.2, -0.15) is 0 Å². The van der Waals surface area contributed by atoms with Crippen LogP contribution in [0.25, 0.3) is 0 Å². The summed E-state index contributed by atoms with van der Waals surface area (Å²) in [6.07, 6.45) is 0.480. The SMILES string of the molecule is COc1ccccc1C(C)NC(=O)C1(C)CC1(Cl)Cl. The Hall–Kier alpha value is -0.930. The zero-order chi connectivity index (χ0) is 14.3. The molecule has 2 unspecified atom stereocenters. The van der Waals surface area contributed by atoms with Gasteiger partial charge in [0.15, 0.2) is 0 Å². The Labute approximate surface area is 123 Å². The van der Waals surface area contributed by atoms with Crippen molar-refractivity contribution in [3.63, 3.8) is 0 Å². The van der Waals surface area contributed by atoms with Crippen LogP contribution in [-0.2, 0) is 4.79 Å². The quantitative estimate of drug-likeness (QED) is 0.865.